The van der Waals surface area contributed by atoms with Gasteiger partial charge in [-0.05, 0) is 25.0 Å². The maximum absolute atomic E-state index is 10.7. The summed E-state index contributed by atoms with van der Waals surface area (Å²) in [6, 6.07) is 7.60. The van der Waals surface area contributed by atoms with Crippen LogP contribution in [0.4, 0.5) is 0 Å². The summed E-state index contributed by atoms with van der Waals surface area (Å²) in [4.78, 5) is 16.0. The van der Waals surface area contributed by atoms with Crippen LogP contribution in [-0.4, -0.2) is 30.7 Å². The lowest BCUT2D eigenvalue weighted by atomic mass is 10.1. The van der Waals surface area contributed by atoms with Gasteiger partial charge < -0.3 is 19.0 Å². The topological polar surface area (TPSA) is 66.4 Å². The molecule has 1 aliphatic rings. The first-order valence-corrected chi connectivity index (χ1v) is 7.13. The molecule has 0 aliphatic carbocycles. The number of esters is 1. The molecule has 120 valence electrons. The standard InChI is InChI=1S/C16H21NO5/c1-12(18)19-9-13-4-6-14(7-5-13)10-21-17-8-15-11-20-16(2,3)22-15/h4-8,15H,9-11H2,1-3H3/b17-8+/t15-/m0/s1. The van der Waals surface area contributed by atoms with Crippen molar-refractivity contribution >= 4 is 12.2 Å². The molecule has 1 atom stereocenters. The van der Waals surface area contributed by atoms with E-state index in [1.165, 1.54) is 6.92 Å². The number of rotatable bonds is 6. The van der Waals surface area contributed by atoms with Crippen LogP contribution in [0.3, 0.4) is 0 Å². The Kier molecular flexibility index (Phi) is 5.51. The molecule has 0 amide bonds. The number of hydrogen-bond acceptors (Lipinski definition) is 6. The average molecular weight is 307 g/mol. The molecule has 0 radical (unpaired) electrons. The Morgan fingerprint density at radius 2 is 1.95 bits per heavy atom. The molecule has 1 aromatic carbocycles. The Hall–Kier alpha value is -1.92. The molecule has 1 saturated heterocycles. The van der Waals surface area contributed by atoms with Crippen LogP contribution >= 0.6 is 0 Å². The van der Waals surface area contributed by atoms with E-state index in [1.807, 2.05) is 38.1 Å². The SMILES string of the molecule is CC(=O)OCc1ccc(CO/N=C/[C@H]2COC(C)(C)O2)cc1. The van der Waals surface area contributed by atoms with Gasteiger partial charge in [0, 0.05) is 6.92 Å². The molecule has 1 heterocycles. The predicted molar refractivity (Wildman–Crippen MR) is 80.1 cm³/mol. The van der Waals surface area contributed by atoms with Crippen LogP contribution in [0.15, 0.2) is 29.4 Å². The zero-order chi connectivity index (χ0) is 16.0. The molecular weight excluding hydrogens is 286 g/mol. The Labute approximate surface area is 130 Å². The van der Waals surface area contributed by atoms with Gasteiger partial charge in [-0.15, -0.1) is 0 Å². The zero-order valence-corrected chi connectivity index (χ0v) is 13.1. The van der Waals surface area contributed by atoms with Crippen LogP contribution in [0.5, 0.6) is 0 Å². The maximum Gasteiger partial charge on any atom is 0.302 e. The molecule has 1 aromatic rings. The number of carbonyl (C=O) groups is 1. The number of hydrogen-bond donors (Lipinski definition) is 0. The summed E-state index contributed by atoms with van der Waals surface area (Å²) in [5.74, 6) is -0.850. The normalized spacial score (nSPS) is 20.2. The maximum atomic E-state index is 10.7. The van der Waals surface area contributed by atoms with Gasteiger partial charge in [0.2, 0.25) is 0 Å². The number of ether oxygens (including phenoxy) is 3. The zero-order valence-electron chi connectivity index (χ0n) is 13.1. The van der Waals surface area contributed by atoms with Crippen molar-refractivity contribution in [3.63, 3.8) is 0 Å². The highest BCUT2D eigenvalue weighted by Gasteiger charge is 2.31. The van der Waals surface area contributed by atoms with E-state index < -0.39 is 5.79 Å². The summed E-state index contributed by atoms with van der Waals surface area (Å²) in [6.07, 6.45) is 1.42. The number of carbonyl (C=O) groups excluding carboxylic acids is 1. The Balaban J connectivity index is 1.72. The summed E-state index contributed by atoms with van der Waals surface area (Å²) in [7, 11) is 0. The van der Waals surface area contributed by atoms with Crippen molar-refractivity contribution in [1.82, 2.24) is 0 Å². The second-order valence-electron chi connectivity index (χ2n) is 5.49. The van der Waals surface area contributed by atoms with Gasteiger partial charge in [-0.1, -0.05) is 29.4 Å². The van der Waals surface area contributed by atoms with E-state index in [0.717, 1.165) is 11.1 Å². The second kappa shape index (κ2) is 7.38. The highest BCUT2D eigenvalue weighted by Crippen LogP contribution is 2.21. The van der Waals surface area contributed by atoms with E-state index in [4.69, 9.17) is 19.0 Å². The highest BCUT2D eigenvalue weighted by atomic mass is 16.7. The molecule has 0 spiro atoms. The predicted octanol–water partition coefficient (Wildman–Crippen LogP) is 2.40. The molecule has 0 saturated carbocycles. The monoisotopic (exact) mass is 307 g/mol. The van der Waals surface area contributed by atoms with Crippen molar-refractivity contribution < 1.29 is 23.8 Å². The molecule has 2 rings (SSSR count). The van der Waals surface area contributed by atoms with Crippen molar-refractivity contribution in [3.8, 4) is 0 Å². The average Bonchev–Trinajstić information content (AvgIpc) is 2.82. The first-order valence-electron chi connectivity index (χ1n) is 7.13. The molecule has 1 fully saturated rings. The first kappa shape index (κ1) is 16.5. The summed E-state index contributed by atoms with van der Waals surface area (Å²) in [5, 5.41) is 3.90. The van der Waals surface area contributed by atoms with E-state index >= 15 is 0 Å². The highest BCUT2D eigenvalue weighted by molar-refractivity contribution is 5.65. The van der Waals surface area contributed by atoms with Gasteiger partial charge in [0.25, 0.3) is 0 Å². The smallest absolute Gasteiger partial charge is 0.302 e. The molecule has 6 heteroatoms. The van der Waals surface area contributed by atoms with E-state index in [-0.39, 0.29) is 18.7 Å². The van der Waals surface area contributed by atoms with Crippen LogP contribution in [0.1, 0.15) is 31.9 Å². The molecule has 0 bridgehead atoms. The van der Waals surface area contributed by atoms with E-state index in [2.05, 4.69) is 5.16 Å². The van der Waals surface area contributed by atoms with Crippen molar-refractivity contribution in [2.45, 2.75) is 45.9 Å². The first-order chi connectivity index (χ1) is 10.4. The second-order valence-corrected chi connectivity index (χ2v) is 5.49. The number of benzene rings is 1. The largest absolute Gasteiger partial charge is 0.461 e. The molecule has 0 aromatic heterocycles. The molecule has 22 heavy (non-hydrogen) atoms. The van der Waals surface area contributed by atoms with Crippen molar-refractivity contribution in [3.05, 3.63) is 35.4 Å². The van der Waals surface area contributed by atoms with E-state index in [1.54, 1.807) is 6.21 Å². The fourth-order valence-electron chi connectivity index (χ4n) is 1.93. The van der Waals surface area contributed by atoms with Crippen molar-refractivity contribution in [2.75, 3.05) is 6.61 Å². The third-order valence-electron chi connectivity index (χ3n) is 3.03. The minimum atomic E-state index is -0.561. The molecule has 1 aliphatic heterocycles. The van der Waals surface area contributed by atoms with Gasteiger partial charge in [0.1, 0.15) is 19.3 Å². The summed E-state index contributed by atoms with van der Waals surface area (Å²) in [6.45, 7) is 6.23. The lowest BCUT2D eigenvalue weighted by Crippen LogP contribution is -2.21. The summed E-state index contributed by atoms with van der Waals surface area (Å²) >= 11 is 0. The van der Waals surface area contributed by atoms with Gasteiger partial charge >= 0.3 is 5.97 Å². The summed E-state index contributed by atoms with van der Waals surface area (Å²) < 4.78 is 15.9. The number of nitrogens with zero attached hydrogens (tertiary/aromatic N) is 1. The van der Waals surface area contributed by atoms with Crippen LogP contribution in [-0.2, 0) is 37.1 Å². The van der Waals surface area contributed by atoms with Crippen molar-refractivity contribution in [1.29, 1.82) is 0 Å². The fourth-order valence-corrected chi connectivity index (χ4v) is 1.93. The van der Waals surface area contributed by atoms with Gasteiger partial charge in [0.15, 0.2) is 5.79 Å². The quantitative estimate of drug-likeness (QED) is 0.459. The minimum Gasteiger partial charge on any atom is -0.461 e. The van der Waals surface area contributed by atoms with Crippen LogP contribution in [0.2, 0.25) is 0 Å². The molecule has 0 unspecified atom stereocenters. The minimum absolute atomic E-state index is 0.180. The van der Waals surface area contributed by atoms with Crippen LogP contribution in [0.25, 0.3) is 0 Å². The Morgan fingerprint density at radius 1 is 1.32 bits per heavy atom. The Bertz CT molecular complexity index is 524. The Morgan fingerprint density at radius 3 is 2.50 bits per heavy atom. The number of oxime groups is 1. The van der Waals surface area contributed by atoms with Gasteiger partial charge in [-0.3, -0.25) is 4.79 Å². The van der Waals surface area contributed by atoms with Gasteiger partial charge in [-0.25, -0.2) is 0 Å². The third kappa shape index (κ3) is 5.46. The molecule has 0 N–H and O–H groups in total. The molecule has 6 nitrogen and oxygen atoms in total. The van der Waals surface area contributed by atoms with E-state index in [0.29, 0.717) is 13.2 Å². The van der Waals surface area contributed by atoms with E-state index in [9.17, 15) is 4.79 Å². The van der Waals surface area contributed by atoms with Crippen molar-refractivity contribution in [2.24, 2.45) is 5.16 Å². The summed E-state index contributed by atoms with van der Waals surface area (Å²) in [5.41, 5.74) is 1.91. The van der Waals surface area contributed by atoms with Crippen LogP contribution in [0, 0.1) is 0 Å². The lowest BCUT2D eigenvalue weighted by molar-refractivity contribution is -0.142. The van der Waals surface area contributed by atoms with Crippen LogP contribution < -0.4 is 0 Å². The third-order valence-corrected chi connectivity index (χ3v) is 3.03. The molecular formula is C16H21NO5. The van der Waals surface area contributed by atoms with Gasteiger partial charge in [-0.2, -0.15) is 0 Å². The fraction of sp³-hybridized carbons (Fsp3) is 0.500. The van der Waals surface area contributed by atoms with Gasteiger partial charge in [0.05, 0.1) is 12.8 Å². The lowest BCUT2D eigenvalue weighted by Gasteiger charge is -2.15.